The Morgan fingerprint density at radius 1 is 1.00 bits per heavy atom. The maximum Gasteiger partial charge on any atom is 0.471 e. The Labute approximate surface area is 203 Å². The van der Waals surface area contributed by atoms with E-state index in [4.69, 9.17) is 16.3 Å². The number of amides is 1. The highest BCUT2D eigenvalue weighted by Crippen LogP contribution is 2.33. The third-order valence-electron chi connectivity index (χ3n) is 6.67. The predicted octanol–water partition coefficient (Wildman–Crippen LogP) is 6.54. The molecule has 2 aromatic rings. The van der Waals surface area contributed by atoms with Crippen molar-refractivity contribution in [1.29, 1.82) is 0 Å². The number of halogens is 4. The molecular weight excluding hydrogens is 465 g/mol. The standard InChI is InChI=1S/C26H30ClF3N2O2/c27-23-12-9-19-13-15-32(25(33)26(28,29)30)16-14-22(19)24(23)31-17-18-7-10-21(11-8-18)34-20-5-3-1-2-4-6-20/h7-12,20,31H,1-6,13-17H2. The molecular formula is C26H30ClF3N2O2. The number of nitrogens with one attached hydrogen (secondary N) is 1. The van der Waals surface area contributed by atoms with Gasteiger partial charge in [0.25, 0.3) is 0 Å². The molecule has 0 unspecified atom stereocenters. The molecule has 8 heteroatoms. The van der Waals surface area contributed by atoms with Crippen LogP contribution in [0.2, 0.25) is 5.02 Å². The lowest BCUT2D eigenvalue weighted by molar-refractivity contribution is -0.185. The highest BCUT2D eigenvalue weighted by Gasteiger charge is 2.42. The van der Waals surface area contributed by atoms with Crippen molar-refractivity contribution in [3.05, 3.63) is 58.1 Å². The first kappa shape index (κ1) is 24.7. The van der Waals surface area contributed by atoms with E-state index in [-0.39, 0.29) is 19.2 Å². The zero-order valence-corrected chi connectivity index (χ0v) is 19.9. The van der Waals surface area contributed by atoms with Gasteiger partial charge in [0.15, 0.2) is 0 Å². The number of hydrogen-bond acceptors (Lipinski definition) is 3. The number of benzene rings is 2. The maximum absolute atomic E-state index is 12.9. The summed E-state index contributed by atoms with van der Waals surface area (Å²) in [5.74, 6) is -0.913. The zero-order valence-electron chi connectivity index (χ0n) is 19.1. The van der Waals surface area contributed by atoms with Gasteiger partial charge in [-0.15, -0.1) is 0 Å². The Hall–Kier alpha value is -2.41. The van der Waals surface area contributed by atoms with Crippen LogP contribution in [0.1, 0.15) is 55.2 Å². The van der Waals surface area contributed by atoms with Crippen LogP contribution in [-0.4, -0.2) is 36.2 Å². The van der Waals surface area contributed by atoms with E-state index in [1.807, 2.05) is 30.3 Å². The zero-order chi connectivity index (χ0) is 24.1. The molecule has 1 saturated carbocycles. The van der Waals surface area contributed by atoms with Crippen LogP contribution >= 0.6 is 11.6 Å². The van der Waals surface area contributed by atoms with Crippen LogP contribution in [0.4, 0.5) is 18.9 Å². The predicted molar refractivity (Wildman–Crippen MR) is 127 cm³/mol. The van der Waals surface area contributed by atoms with Crippen molar-refractivity contribution in [3.63, 3.8) is 0 Å². The topological polar surface area (TPSA) is 41.6 Å². The van der Waals surface area contributed by atoms with Gasteiger partial charge in [0.05, 0.1) is 16.8 Å². The second-order valence-corrected chi connectivity index (χ2v) is 9.49. The van der Waals surface area contributed by atoms with Crippen molar-refractivity contribution in [2.75, 3.05) is 18.4 Å². The summed E-state index contributed by atoms with van der Waals surface area (Å²) in [6, 6.07) is 11.6. The first-order chi connectivity index (χ1) is 16.3. The van der Waals surface area contributed by atoms with E-state index in [1.165, 1.54) is 25.7 Å². The molecule has 0 atom stereocenters. The third kappa shape index (κ3) is 6.17. The highest BCUT2D eigenvalue weighted by molar-refractivity contribution is 6.33. The summed E-state index contributed by atoms with van der Waals surface area (Å²) >= 11 is 6.46. The Bertz CT molecular complexity index is 987. The van der Waals surface area contributed by atoms with Gasteiger partial charge in [-0.2, -0.15) is 13.2 Å². The minimum atomic E-state index is -4.86. The van der Waals surface area contributed by atoms with Crippen LogP contribution < -0.4 is 10.1 Å². The quantitative estimate of drug-likeness (QED) is 0.480. The fourth-order valence-electron chi connectivity index (χ4n) is 4.80. The molecule has 184 valence electrons. The average Bonchev–Trinajstić information content (AvgIpc) is 3.19. The summed E-state index contributed by atoms with van der Waals surface area (Å²) in [5.41, 5.74) is 3.55. The Kier molecular flexibility index (Phi) is 7.91. The van der Waals surface area contributed by atoms with Crippen molar-refractivity contribution in [2.24, 2.45) is 0 Å². The van der Waals surface area contributed by atoms with E-state index in [2.05, 4.69) is 5.32 Å². The van der Waals surface area contributed by atoms with Crippen molar-refractivity contribution in [1.82, 2.24) is 4.90 Å². The second kappa shape index (κ2) is 10.9. The van der Waals surface area contributed by atoms with Crippen LogP contribution in [0.5, 0.6) is 5.75 Å². The summed E-state index contributed by atoms with van der Waals surface area (Å²) in [7, 11) is 0. The average molecular weight is 495 g/mol. The molecule has 1 heterocycles. The molecule has 0 radical (unpaired) electrons. The number of fused-ring (bicyclic) bond motifs is 1. The molecule has 34 heavy (non-hydrogen) atoms. The fraction of sp³-hybridized carbons (Fsp3) is 0.500. The van der Waals surface area contributed by atoms with Crippen molar-refractivity contribution in [2.45, 2.75) is 70.2 Å². The van der Waals surface area contributed by atoms with Gasteiger partial charge in [-0.05, 0) is 73.4 Å². The molecule has 1 amide bonds. The van der Waals surface area contributed by atoms with Crippen molar-refractivity contribution < 1.29 is 22.7 Å². The first-order valence-electron chi connectivity index (χ1n) is 12.0. The number of hydrogen-bond donors (Lipinski definition) is 1. The second-order valence-electron chi connectivity index (χ2n) is 9.08. The van der Waals surface area contributed by atoms with Crippen molar-refractivity contribution in [3.8, 4) is 5.75 Å². The van der Waals surface area contributed by atoms with Crippen molar-refractivity contribution >= 4 is 23.2 Å². The van der Waals surface area contributed by atoms with E-state index in [0.717, 1.165) is 45.9 Å². The number of carbonyl (C=O) groups excluding carboxylic acids is 1. The summed E-state index contributed by atoms with van der Waals surface area (Å²) in [6.07, 6.45) is 3.31. The Morgan fingerprint density at radius 2 is 1.68 bits per heavy atom. The molecule has 1 fully saturated rings. The number of rotatable bonds is 5. The molecule has 0 saturated heterocycles. The SMILES string of the molecule is O=C(N1CCc2ccc(Cl)c(NCc3ccc(OC4CCCCCC4)cc3)c2CC1)C(F)(F)F. The minimum absolute atomic E-state index is 0.00751. The van der Waals surface area contributed by atoms with Crippen LogP contribution in [0.15, 0.2) is 36.4 Å². The van der Waals surface area contributed by atoms with Gasteiger partial charge in [0, 0.05) is 19.6 Å². The third-order valence-corrected chi connectivity index (χ3v) is 6.98. The summed E-state index contributed by atoms with van der Waals surface area (Å²) in [5, 5.41) is 3.89. The van der Waals surface area contributed by atoms with Gasteiger partial charge < -0.3 is 15.0 Å². The minimum Gasteiger partial charge on any atom is -0.490 e. The van der Waals surface area contributed by atoms with Crippen LogP contribution in [0.3, 0.4) is 0 Å². The molecule has 4 nitrogen and oxygen atoms in total. The number of nitrogens with zero attached hydrogens (tertiary/aromatic N) is 1. The summed E-state index contributed by atoms with van der Waals surface area (Å²) in [4.78, 5) is 12.6. The lowest BCUT2D eigenvalue weighted by Crippen LogP contribution is -2.42. The van der Waals surface area contributed by atoms with E-state index in [9.17, 15) is 18.0 Å². The number of anilines is 1. The molecule has 1 N–H and O–H groups in total. The number of alkyl halides is 3. The van der Waals surface area contributed by atoms with Crippen LogP contribution in [-0.2, 0) is 24.2 Å². The maximum atomic E-state index is 12.9. The van der Waals surface area contributed by atoms with E-state index in [1.54, 1.807) is 6.07 Å². The Balaban J connectivity index is 1.40. The van der Waals surface area contributed by atoms with E-state index >= 15 is 0 Å². The molecule has 1 aliphatic carbocycles. The van der Waals surface area contributed by atoms with Crippen LogP contribution in [0, 0.1) is 0 Å². The van der Waals surface area contributed by atoms with E-state index < -0.39 is 12.1 Å². The molecule has 0 spiro atoms. The molecule has 2 aromatic carbocycles. The highest BCUT2D eigenvalue weighted by atomic mass is 35.5. The smallest absolute Gasteiger partial charge is 0.471 e. The first-order valence-corrected chi connectivity index (χ1v) is 12.3. The fourth-order valence-corrected chi connectivity index (χ4v) is 5.04. The van der Waals surface area contributed by atoms with Gasteiger partial charge in [0.2, 0.25) is 0 Å². The normalized spacial score (nSPS) is 17.5. The molecule has 0 bridgehead atoms. The molecule has 2 aliphatic rings. The monoisotopic (exact) mass is 494 g/mol. The largest absolute Gasteiger partial charge is 0.490 e. The lowest BCUT2D eigenvalue weighted by atomic mass is 10.0. The van der Waals surface area contributed by atoms with E-state index in [0.29, 0.717) is 24.4 Å². The van der Waals surface area contributed by atoms with Gasteiger partial charge in [-0.3, -0.25) is 4.79 Å². The van der Waals surface area contributed by atoms with Gasteiger partial charge >= 0.3 is 12.1 Å². The summed E-state index contributed by atoms with van der Waals surface area (Å²) in [6.45, 7) is 0.563. The molecule has 1 aliphatic heterocycles. The van der Waals surface area contributed by atoms with Gasteiger partial charge in [-0.1, -0.05) is 42.6 Å². The lowest BCUT2D eigenvalue weighted by Gasteiger charge is -2.21. The number of ether oxygens (including phenoxy) is 1. The number of carbonyl (C=O) groups is 1. The molecule has 0 aromatic heterocycles. The van der Waals surface area contributed by atoms with Gasteiger partial charge in [-0.25, -0.2) is 0 Å². The summed E-state index contributed by atoms with van der Waals surface area (Å²) < 4.78 is 44.8. The Morgan fingerprint density at radius 3 is 2.35 bits per heavy atom. The van der Waals surface area contributed by atoms with Crippen LogP contribution in [0.25, 0.3) is 0 Å². The van der Waals surface area contributed by atoms with Gasteiger partial charge in [0.1, 0.15) is 5.75 Å². The molecule has 4 rings (SSSR count).